The summed E-state index contributed by atoms with van der Waals surface area (Å²) < 4.78 is 9.75. The number of hydrogen-bond acceptors (Lipinski definition) is 8. The molecule has 6 atom stereocenters. The van der Waals surface area contributed by atoms with Gasteiger partial charge in [-0.2, -0.15) is 0 Å². The second-order valence-electron chi connectivity index (χ2n) is 11.8. The number of carbonyl (C=O) groups excluding carboxylic acids is 3. The summed E-state index contributed by atoms with van der Waals surface area (Å²) in [6.45, 7) is 12.2. The molecule has 2 bridgehead atoms. The van der Waals surface area contributed by atoms with Crippen LogP contribution < -0.4 is 0 Å². The van der Waals surface area contributed by atoms with Crippen molar-refractivity contribution >= 4 is 29.5 Å². The van der Waals surface area contributed by atoms with Crippen molar-refractivity contribution in [2.24, 2.45) is 11.8 Å². The lowest BCUT2D eigenvalue weighted by atomic mass is 9.66. The SMILES string of the molecule is C=CCN(CCN1CCOCC1)C(=O)C1N([C@@H](CO)Cc2ccccc2)C(=O)[C@@H]2[C@@H](C(=O)OCC)[C@@]3(C)CCC12S3. The van der Waals surface area contributed by atoms with Gasteiger partial charge in [-0.25, -0.2) is 0 Å². The van der Waals surface area contributed by atoms with E-state index in [2.05, 4.69) is 11.5 Å². The number of esters is 1. The van der Waals surface area contributed by atoms with E-state index in [1.165, 1.54) is 0 Å². The van der Waals surface area contributed by atoms with Gasteiger partial charge in [0.2, 0.25) is 11.8 Å². The molecule has 5 rings (SSSR count). The van der Waals surface area contributed by atoms with Crippen molar-refractivity contribution in [1.82, 2.24) is 14.7 Å². The molecule has 1 spiro atoms. The third kappa shape index (κ3) is 5.44. The van der Waals surface area contributed by atoms with E-state index in [1.807, 2.05) is 37.3 Å². The molecule has 4 aliphatic rings. The Labute approximate surface area is 247 Å². The van der Waals surface area contributed by atoms with E-state index in [0.29, 0.717) is 45.7 Å². The van der Waals surface area contributed by atoms with E-state index in [9.17, 15) is 19.5 Å². The molecular weight excluding hydrogens is 542 g/mol. The summed E-state index contributed by atoms with van der Waals surface area (Å²) in [4.78, 5) is 48.3. The summed E-state index contributed by atoms with van der Waals surface area (Å²) in [7, 11) is 0. The quantitative estimate of drug-likeness (QED) is 0.294. The number of morpholine rings is 1. The molecule has 0 saturated carbocycles. The molecule has 1 aromatic carbocycles. The number of thioether (sulfide) groups is 1. The van der Waals surface area contributed by atoms with E-state index in [0.717, 1.165) is 25.1 Å². The van der Waals surface area contributed by atoms with Crippen LogP contribution >= 0.6 is 11.8 Å². The summed E-state index contributed by atoms with van der Waals surface area (Å²) in [6.07, 6.45) is 3.52. The van der Waals surface area contributed by atoms with Gasteiger partial charge < -0.3 is 24.4 Å². The number of carbonyl (C=O) groups is 3. The highest BCUT2D eigenvalue weighted by molar-refractivity contribution is 8.02. The van der Waals surface area contributed by atoms with Crippen molar-refractivity contribution in [3.63, 3.8) is 0 Å². The first-order valence-electron chi connectivity index (χ1n) is 14.8. The topological polar surface area (TPSA) is 99.6 Å². The molecule has 2 amide bonds. The van der Waals surface area contributed by atoms with Gasteiger partial charge in [-0.15, -0.1) is 18.3 Å². The zero-order chi connectivity index (χ0) is 29.2. The van der Waals surface area contributed by atoms with Crippen molar-refractivity contribution in [2.75, 3.05) is 59.2 Å². The summed E-state index contributed by atoms with van der Waals surface area (Å²) in [5.74, 6) is -2.03. The lowest BCUT2D eigenvalue weighted by Gasteiger charge is -2.40. The second kappa shape index (κ2) is 12.5. The highest BCUT2D eigenvalue weighted by Crippen LogP contribution is 2.71. The average molecular weight is 586 g/mol. The number of ether oxygens (including phenoxy) is 2. The molecule has 4 heterocycles. The number of benzene rings is 1. The Morgan fingerprint density at radius 1 is 1.27 bits per heavy atom. The number of hydrogen-bond donors (Lipinski definition) is 1. The third-order valence-corrected chi connectivity index (χ3v) is 11.3. The van der Waals surface area contributed by atoms with Crippen LogP contribution in [-0.4, -0.2) is 118 Å². The Hall–Kier alpha value is -2.40. The molecule has 2 unspecified atom stereocenters. The van der Waals surface area contributed by atoms with Gasteiger partial charge in [-0.1, -0.05) is 36.4 Å². The third-order valence-electron chi connectivity index (χ3n) is 9.36. The highest BCUT2D eigenvalue weighted by atomic mass is 32.2. The minimum absolute atomic E-state index is 0.137. The van der Waals surface area contributed by atoms with Crippen LogP contribution in [0.3, 0.4) is 0 Å². The predicted octanol–water partition coefficient (Wildman–Crippen LogP) is 1.98. The fraction of sp³-hybridized carbons (Fsp3) is 0.645. The maximum atomic E-state index is 14.7. The average Bonchev–Trinajstić information content (AvgIpc) is 3.55. The number of likely N-dealkylation sites (tertiary alicyclic amines) is 1. The smallest absolute Gasteiger partial charge is 0.311 e. The normalized spacial score (nSPS) is 31.6. The van der Waals surface area contributed by atoms with Crippen molar-refractivity contribution < 1.29 is 29.0 Å². The van der Waals surface area contributed by atoms with E-state index in [-0.39, 0.29) is 31.0 Å². The molecule has 0 aromatic heterocycles. The minimum Gasteiger partial charge on any atom is -0.466 e. The highest BCUT2D eigenvalue weighted by Gasteiger charge is 2.78. The number of rotatable bonds is 12. The molecule has 4 fully saturated rings. The molecule has 224 valence electrons. The van der Waals surface area contributed by atoms with Crippen LogP contribution in [0.4, 0.5) is 0 Å². The van der Waals surface area contributed by atoms with Gasteiger partial charge in [0.05, 0.1) is 49.1 Å². The molecule has 1 aromatic rings. The Kier molecular flexibility index (Phi) is 9.13. The van der Waals surface area contributed by atoms with Crippen LogP contribution in [0.15, 0.2) is 43.0 Å². The van der Waals surface area contributed by atoms with Crippen LogP contribution in [0.2, 0.25) is 0 Å². The van der Waals surface area contributed by atoms with Gasteiger partial charge >= 0.3 is 5.97 Å². The molecular formula is C31H43N3O6S. The molecule has 10 heteroatoms. The second-order valence-corrected chi connectivity index (χ2v) is 13.7. The summed E-state index contributed by atoms with van der Waals surface area (Å²) in [5.41, 5.74) is 0.973. The number of aliphatic hydroxyl groups excluding tert-OH is 1. The molecule has 1 N–H and O–H groups in total. The lowest BCUT2D eigenvalue weighted by Crippen LogP contribution is -2.58. The van der Waals surface area contributed by atoms with Gasteiger partial charge in [-0.3, -0.25) is 19.3 Å². The van der Waals surface area contributed by atoms with E-state index in [1.54, 1.807) is 34.6 Å². The first-order chi connectivity index (χ1) is 19.8. The van der Waals surface area contributed by atoms with Gasteiger partial charge in [0.15, 0.2) is 0 Å². The Morgan fingerprint density at radius 2 is 2.00 bits per heavy atom. The van der Waals surface area contributed by atoms with Crippen molar-refractivity contribution in [3.05, 3.63) is 48.6 Å². The Bertz CT molecular complexity index is 1130. The lowest BCUT2D eigenvalue weighted by molar-refractivity contribution is -0.155. The zero-order valence-corrected chi connectivity index (χ0v) is 25.0. The van der Waals surface area contributed by atoms with Crippen molar-refractivity contribution in [2.45, 2.75) is 54.7 Å². The van der Waals surface area contributed by atoms with Gasteiger partial charge in [0.25, 0.3) is 0 Å². The number of amides is 2. The maximum absolute atomic E-state index is 14.7. The van der Waals surface area contributed by atoms with Gasteiger partial charge in [0.1, 0.15) is 6.04 Å². The van der Waals surface area contributed by atoms with E-state index < -0.39 is 33.4 Å². The Morgan fingerprint density at radius 3 is 2.66 bits per heavy atom. The fourth-order valence-corrected chi connectivity index (χ4v) is 9.80. The van der Waals surface area contributed by atoms with E-state index >= 15 is 0 Å². The monoisotopic (exact) mass is 585 g/mol. The number of fused-ring (bicyclic) bond motifs is 1. The maximum Gasteiger partial charge on any atom is 0.311 e. The van der Waals surface area contributed by atoms with Crippen LogP contribution in [-0.2, 0) is 30.3 Å². The number of aliphatic hydroxyl groups is 1. The molecule has 41 heavy (non-hydrogen) atoms. The van der Waals surface area contributed by atoms with Crippen LogP contribution in [0, 0.1) is 11.8 Å². The van der Waals surface area contributed by atoms with Crippen molar-refractivity contribution in [1.29, 1.82) is 0 Å². The van der Waals surface area contributed by atoms with Crippen LogP contribution in [0.1, 0.15) is 32.3 Å². The Balaban J connectivity index is 1.52. The predicted molar refractivity (Wildman–Crippen MR) is 157 cm³/mol. The molecule has 0 aliphatic carbocycles. The molecule has 4 aliphatic heterocycles. The number of nitrogens with zero attached hydrogens (tertiary/aromatic N) is 3. The first kappa shape index (κ1) is 30.1. The fourth-order valence-electron chi connectivity index (χ4n) is 7.47. The summed E-state index contributed by atoms with van der Waals surface area (Å²) in [6, 6.07) is 8.32. The molecule has 9 nitrogen and oxygen atoms in total. The van der Waals surface area contributed by atoms with Gasteiger partial charge in [0, 0.05) is 37.5 Å². The summed E-state index contributed by atoms with van der Waals surface area (Å²) >= 11 is 1.63. The van der Waals surface area contributed by atoms with E-state index in [4.69, 9.17) is 9.47 Å². The van der Waals surface area contributed by atoms with Crippen molar-refractivity contribution in [3.8, 4) is 0 Å². The first-order valence-corrected chi connectivity index (χ1v) is 15.6. The molecule has 0 radical (unpaired) electrons. The van der Waals surface area contributed by atoms with Crippen LogP contribution in [0.5, 0.6) is 0 Å². The standard InChI is InChI=1S/C31H43N3O6S/c1-4-13-33(15-14-32-16-18-39-19-17-32)28(37)26-31-12-11-30(3,41-31)25(29(38)40-5-2)24(31)27(36)34(26)23(21-35)20-22-9-7-6-8-10-22/h4,6-10,23-26,35H,1,5,11-21H2,2-3H3/t23-,24+,25+,26?,30-,31?/m1/s1. The summed E-state index contributed by atoms with van der Waals surface area (Å²) in [5, 5.41) is 10.7. The van der Waals surface area contributed by atoms with Gasteiger partial charge in [-0.05, 0) is 38.7 Å². The molecule has 4 saturated heterocycles. The minimum atomic E-state index is -0.795. The largest absolute Gasteiger partial charge is 0.466 e. The zero-order valence-electron chi connectivity index (χ0n) is 24.2. The van der Waals surface area contributed by atoms with Crippen LogP contribution in [0.25, 0.3) is 0 Å².